The molecular formula is C24H38N2O3. The Hall–Kier alpha value is -1.59. The molecule has 1 aromatic carbocycles. The summed E-state index contributed by atoms with van der Waals surface area (Å²) in [5, 5.41) is 13.3. The topological polar surface area (TPSA) is 61.8 Å². The van der Waals surface area contributed by atoms with E-state index in [0.29, 0.717) is 18.5 Å². The zero-order valence-corrected chi connectivity index (χ0v) is 18.3. The monoisotopic (exact) mass is 402 g/mol. The van der Waals surface area contributed by atoms with Gasteiger partial charge in [-0.05, 0) is 82.7 Å². The zero-order valence-electron chi connectivity index (χ0n) is 18.3. The number of hydrogen-bond acceptors (Lipinski definition) is 4. The lowest BCUT2D eigenvalue weighted by Gasteiger charge is -2.36. The van der Waals surface area contributed by atoms with Crippen molar-refractivity contribution in [3.05, 3.63) is 29.8 Å². The summed E-state index contributed by atoms with van der Waals surface area (Å²) in [5.41, 5.74) is 1.02. The van der Waals surface area contributed by atoms with Gasteiger partial charge in [0.15, 0.2) is 0 Å². The molecule has 5 nitrogen and oxygen atoms in total. The van der Waals surface area contributed by atoms with Crippen molar-refractivity contribution < 1.29 is 14.6 Å². The van der Waals surface area contributed by atoms with E-state index in [-0.39, 0.29) is 6.10 Å². The van der Waals surface area contributed by atoms with Gasteiger partial charge in [-0.3, -0.25) is 9.69 Å². The second kappa shape index (κ2) is 10.4. The van der Waals surface area contributed by atoms with Crippen molar-refractivity contribution in [2.75, 3.05) is 14.1 Å². The third kappa shape index (κ3) is 6.45. The predicted molar refractivity (Wildman–Crippen MR) is 116 cm³/mol. The Bertz CT molecular complexity index is 638. The third-order valence-corrected chi connectivity index (χ3v) is 6.80. The Labute approximate surface area is 175 Å². The van der Waals surface area contributed by atoms with Crippen LogP contribution in [0.15, 0.2) is 24.3 Å². The van der Waals surface area contributed by atoms with E-state index in [1.807, 2.05) is 24.3 Å². The highest BCUT2D eigenvalue weighted by Gasteiger charge is 2.27. The van der Waals surface area contributed by atoms with E-state index in [1.54, 1.807) is 19.0 Å². The van der Waals surface area contributed by atoms with Crippen molar-refractivity contribution in [1.29, 1.82) is 0 Å². The van der Waals surface area contributed by atoms with Crippen LogP contribution in [-0.2, 0) is 11.2 Å². The van der Waals surface area contributed by atoms with Gasteiger partial charge in [-0.25, -0.2) is 0 Å². The minimum Gasteiger partial charge on any atom is -0.490 e. The molecule has 0 saturated heterocycles. The molecule has 5 heteroatoms. The van der Waals surface area contributed by atoms with Crippen molar-refractivity contribution in [3.8, 4) is 5.75 Å². The molecule has 2 N–H and O–H groups in total. The summed E-state index contributed by atoms with van der Waals surface area (Å²) >= 11 is 0. The number of carboxylic acid groups (broad SMARTS) is 1. The molecule has 162 valence electrons. The summed E-state index contributed by atoms with van der Waals surface area (Å²) in [6.45, 7) is 2.40. The van der Waals surface area contributed by atoms with Crippen LogP contribution in [0.25, 0.3) is 0 Å². The first-order valence-electron chi connectivity index (χ1n) is 11.3. The van der Waals surface area contributed by atoms with Gasteiger partial charge >= 0.3 is 5.97 Å². The van der Waals surface area contributed by atoms with Gasteiger partial charge in [-0.2, -0.15) is 0 Å². The normalized spacial score (nSPS) is 28.8. The summed E-state index contributed by atoms with van der Waals surface area (Å²) in [6, 6.07) is 8.79. The molecule has 0 aromatic heterocycles. The molecule has 0 radical (unpaired) electrons. The van der Waals surface area contributed by atoms with Crippen LogP contribution < -0.4 is 10.1 Å². The van der Waals surface area contributed by atoms with Gasteiger partial charge in [0.1, 0.15) is 11.8 Å². The SMILES string of the molecule is C[C@H]1CCCCC1NC1CCC(Oc2ccc(C[C@@H](C(=O)O)N(C)C)cc2)CC1. The molecular weight excluding hydrogens is 364 g/mol. The van der Waals surface area contributed by atoms with Crippen LogP contribution in [-0.4, -0.2) is 54.3 Å². The van der Waals surface area contributed by atoms with Crippen LogP contribution in [0.2, 0.25) is 0 Å². The van der Waals surface area contributed by atoms with Crippen LogP contribution in [0, 0.1) is 5.92 Å². The molecule has 3 atom stereocenters. The lowest BCUT2D eigenvalue weighted by molar-refractivity contribution is -0.142. The molecule has 0 heterocycles. The highest BCUT2D eigenvalue weighted by molar-refractivity contribution is 5.73. The lowest BCUT2D eigenvalue weighted by atomic mass is 9.84. The Kier molecular flexibility index (Phi) is 7.96. The van der Waals surface area contributed by atoms with E-state index in [0.717, 1.165) is 30.1 Å². The molecule has 2 aliphatic rings. The minimum atomic E-state index is -0.789. The van der Waals surface area contributed by atoms with Crippen molar-refractivity contribution in [3.63, 3.8) is 0 Å². The standard InChI is InChI=1S/C24H38N2O3/c1-17-6-4-5-7-22(17)25-19-10-14-21(15-11-19)29-20-12-8-18(9-13-20)16-23(24(27)28)26(2)3/h8-9,12-13,17,19,21-23,25H,4-7,10-11,14-16H2,1-3H3,(H,27,28)/t17-,19?,21?,22?,23-/m0/s1. The average Bonchev–Trinajstić information content (AvgIpc) is 2.70. The zero-order chi connectivity index (χ0) is 20.8. The Morgan fingerprint density at radius 2 is 1.76 bits per heavy atom. The van der Waals surface area contributed by atoms with Crippen molar-refractivity contribution in [2.45, 2.75) is 88.9 Å². The fourth-order valence-electron chi connectivity index (χ4n) is 4.82. The number of likely N-dealkylation sites (N-methyl/N-ethyl adjacent to an activating group) is 1. The van der Waals surface area contributed by atoms with E-state index < -0.39 is 12.0 Å². The summed E-state index contributed by atoms with van der Waals surface area (Å²) in [5.74, 6) is 0.913. The molecule has 1 aromatic rings. The molecule has 0 aliphatic heterocycles. The van der Waals surface area contributed by atoms with Gasteiger partial charge in [0, 0.05) is 12.1 Å². The fraction of sp³-hybridized carbons (Fsp3) is 0.708. The highest BCUT2D eigenvalue weighted by atomic mass is 16.5. The van der Waals surface area contributed by atoms with Crippen molar-refractivity contribution in [1.82, 2.24) is 10.2 Å². The summed E-state index contributed by atoms with van der Waals surface area (Å²) < 4.78 is 6.22. The lowest BCUT2D eigenvalue weighted by Crippen LogP contribution is -2.45. The fourth-order valence-corrected chi connectivity index (χ4v) is 4.82. The van der Waals surface area contributed by atoms with Crippen molar-refractivity contribution in [2.24, 2.45) is 5.92 Å². The number of nitrogens with one attached hydrogen (secondary N) is 1. The number of hydrogen-bond donors (Lipinski definition) is 2. The van der Waals surface area contributed by atoms with E-state index in [9.17, 15) is 9.90 Å². The van der Waals surface area contributed by atoms with Gasteiger partial charge in [-0.15, -0.1) is 0 Å². The number of aliphatic carboxylic acids is 1. The first kappa shape index (κ1) is 22.1. The molecule has 3 rings (SSSR count). The van der Waals surface area contributed by atoms with Gasteiger partial charge in [0.25, 0.3) is 0 Å². The number of benzene rings is 1. The number of carbonyl (C=O) groups is 1. The van der Waals surface area contributed by atoms with Crippen LogP contribution in [0.1, 0.15) is 63.9 Å². The molecule has 2 aliphatic carbocycles. The van der Waals surface area contributed by atoms with E-state index in [2.05, 4.69) is 12.2 Å². The molecule has 0 spiro atoms. The number of nitrogens with zero attached hydrogens (tertiary/aromatic N) is 1. The maximum atomic E-state index is 11.4. The Balaban J connectivity index is 1.44. The van der Waals surface area contributed by atoms with Crippen LogP contribution in [0.3, 0.4) is 0 Å². The first-order chi connectivity index (χ1) is 13.9. The largest absolute Gasteiger partial charge is 0.490 e. The van der Waals surface area contributed by atoms with Crippen LogP contribution >= 0.6 is 0 Å². The van der Waals surface area contributed by atoms with Gasteiger partial charge in [0.2, 0.25) is 0 Å². The van der Waals surface area contributed by atoms with Gasteiger partial charge in [-0.1, -0.05) is 31.9 Å². The number of rotatable bonds is 8. The molecule has 2 fully saturated rings. The van der Waals surface area contributed by atoms with Crippen LogP contribution in [0.4, 0.5) is 0 Å². The third-order valence-electron chi connectivity index (χ3n) is 6.80. The van der Waals surface area contributed by atoms with E-state index in [4.69, 9.17) is 4.74 Å². The van der Waals surface area contributed by atoms with Crippen LogP contribution in [0.5, 0.6) is 5.75 Å². The Morgan fingerprint density at radius 1 is 1.10 bits per heavy atom. The summed E-state index contributed by atoms with van der Waals surface area (Å²) in [4.78, 5) is 13.1. The predicted octanol–water partition coefficient (Wildman–Crippen LogP) is 4.10. The maximum Gasteiger partial charge on any atom is 0.321 e. The summed E-state index contributed by atoms with van der Waals surface area (Å²) in [7, 11) is 3.60. The minimum absolute atomic E-state index is 0.288. The van der Waals surface area contributed by atoms with Gasteiger partial charge < -0.3 is 15.2 Å². The van der Waals surface area contributed by atoms with E-state index >= 15 is 0 Å². The average molecular weight is 403 g/mol. The molecule has 2 saturated carbocycles. The van der Waals surface area contributed by atoms with E-state index in [1.165, 1.54) is 38.5 Å². The van der Waals surface area contributed by atoms with Crippen molar-refractivity contribution >= 4 is 5.97 Å². The molecule has 1 unspecified atom stereocenters. The smallest absolute Gasteiger partial charge is 0.321 e. The number of ether oxygens (including phenoxy) is 1. The maximum absolute atomic E-state index is 11.4. The highest BCUT2D eigenvalue weighted by Crippen LogP contribution is 2.28. The number of carboxylic acids is 1. The second-order valence-corrected chi connectivity index (χ2v) is 9.29. The quantitative estimate of drug-likeness (QED) is 0.685. The first-order valence-corrected chi connectivity index (χ1v) is 11.3. The molecule has 0 amide bonds. The van der Waals surface area contributed by atoms with Gasteiger partial charge in [0.05, 0.1) is 6.10 Å². The molecule has 0 bridgehead atoms. The summed E-state index contributed by atoms with van der Waals surface area (Å²) in [6.07, 6.45) is 10.8. The second-order valence-electron chi connectivity index (χ2n) is 9.29. The Morgan fingerprint density at radius 3 is 2.34 bits per heavy atom. The molecule has 29 heavy (non-hydrogen) atoms.